The van der Waals surface area contributed by atoms with Crippen molar-refractivity contribution in [2.75, 3.05) is 0 Å². The Kier molecular flexibility index (Phi) is 3.45. The Hall–Kier alpha value is -2.15. The van der Waals surface area contributed by atoms with Crippen LogP contribution in [-0.4, -0.2) is 24.1 Å². The van der Waals surface area contributed by atoms with Crippen LogP contribution >= 0.6 is 15.9 Å². The summed E-state index contributed by atoms with van der Waals surface area (Å²) in [7, 11) is 0. The molecule has 0 N–H and O–H groups in total. The lowest BCUT2D eigenvalue weighted by molar-refractivity contribution is 0.169. The molecule has 0 bridgehead atoms. The number of aryl methyl sites for hydroxylation is 1. The monoisotopic (exact) mass is 399 g/mol. The summed E-state index contributed by atoms with van der Waals surface area (Å²) in [4.78, 5) is 13.0. The quantitative estimate of drug-likeness (QED) is 0.679. The molecular formula is C18H18BrN5O. The molecule has 0 saturated heterocycles. The largest absolute Gasteiger partial charge is 0.346 e. The second kappa shape index (κ2) is 5.69. The maximum Gasteiger partial charge on any atom is 0.346 e. The van der Waals surface area contributed by atoms with Gasteiger partial charge >= 0.3 is 5.69 Å². The number of benzene rings is 1. The van der Waals surface area contributed by atoms with Crippen LogP contribution in [0.2, 0.25) is 0 Å². The number of nitrogens with zero attached hydrogens (tertiary/aromatic N) is 5. The molecule has 3 aromatic rings. The van der Waals surface area contributed by atoms with Gasteiger partial charge in [-0.1, -0.05) is 30.3 Å². The molecular weight excluding hydrogens is 382 g/mol. The molecule has 0 unspecified atom stereocenters. The second-order valence-corrected chi connectivity index (χ2v) is 7.81. The first kappa shape index (κ1) is 15.1. The zero-order valence-corrected chi connectivity index (χ0v) is 15.2. The predicted molar refractivity (Wildman–Crippen MR) is 96.6 cm³/mol. The summed E-state index contributed by atoms with van der Waals surface area (Å²) in [5, 5.41) is 9.00. The average Bonchev–Trinajstić information content (AvgIpc) is 3.26. The lowest BCUT2D eigenvalue weighted by Gasteiger charge is -2.34. The van der Waals surface area contributed by atoms with E-state index < -0.39 is 0 Å². The van der Waals surface area contributed by atoms with Gasteiger partial charge in [-0.3, -0.25) is 9.25 Å². The molecule has 1 atom stereocenters. The van der Waals surface area contributed by atoms with Crippen molar-refractivity contribution in [2.45, 2.75) is 43.8 Å². The van der Waals surface area contributed by atoms with Gasteiger partial charge < -0.3 is 0 Å². The van der Waals surface area contributed by atoms with E-state index in [0.717, 1.165) is 36.0 Å². The highest BCUT2D eigenvalue weighted by Gasteiger charge is 2.37. The molecule has 25 heavy (non-hydrogen) atoms. The van der Waals surface area contributed by atoms with Crippen LogP contribution in [0.15, 0.2) is 52.0 Å². The Balaban J connectivity index is 1.40. The highest BCUT2D eigenvalue weighted by Crippen LogP contribution is 2.41. The van der Waals surface area contributed by atoms with Crippen molar-refractivity contribution >= 4 is 15.9 Å². The molecule has 2 aromatic heterocycles. The van der Waals surface area contributed by atoms with Crippen LogP contribution in [-0.2, 0) is 6.42 Å². The summed E-state index contributed by atoms with van der Waals surface area (Å²) in [6.07, 6.45) is 7.42. The van der Waals surface area contributed by atoms with E-state index in [2.05, 4.69) is 38.3 Å². The Morgan fingerprint density at radius 2 is 1.92 bits per heavy atom. The highest BCUT2D eigenvalue weighted by molar-refractivity contribution is 9.10. The smallest absolute Gasteiger partial charge is 0.271 e. The van der Waals surface area contributed by atoms with E-state index in [9.17, 15) is 4.79 Å². The lowest BCUT2D eigenvalue weighted by atomic mass is 9.87. The van der Waals surface area contributed by atoms with Crippen molar-refractivity contribution in [3.63, 3.8) is 0 Å². The molecule has 2 aliphatic rings. The molecule has 128 valence electrons. The lowest BCUT2D eigenvalue weighted by Crippen LogP contribution is -2.37. The molecule has 5 rings (SSSR count). The van der Waals surface area contributed by atoms with Gasteiger partial charge in [0.2, 0.25) is 0 Å². The standard InChI is InChI=1S/C18H18BrN5O/c19-13-10-20-22(11-13)14-8-15(9-14)24-18(25)23-16(6-7-17(23)21-24)12-4-2-1-3-5-12/h1-5,10-11,14-16H,6-9H2/t14?,15?,16-/m0/s1. The summed E-state index contributed by atoms with van der Waals surface area (Å²) in [5.74, 6) is 0.920. The summed E-state index contributed by atoms with van der Waals surface area (Å²) in [6, 6.07) is 10.9. The van der Waals surface area contributed by atoms with Gasteiger partial charge in [0.25, 0.3) is 0 Å². The highest BCUT2D eigenvalue weighted by atomic mass is 79.9. The number of rotatable bonds is 3. The van der Waals surface area contributed by atoms with Crippen LogP contribution in [0.1, 0.15) is 48.8 Å². The van der Waals surface area contributed by atoms with Gasteiger partial charge in [0.15, 0.2) is 0 Å². The third kappa shape index (κ3) is 2.40. The molecule has 1 saturated carbocycles. The summed E-state index contributed by atoms with van der Waals surface area (Å²) in [6.45, 7) is 0. The predicted octanol–water partition coefficient (Wildman–Crippen LogP) is 3.12. The zero-order chi connectivity index (χ0) is 17.0. The van der Waals surface area contributed by atoms with Crippen LogP contribution in [0.3, 0.4) is 0 Å². The van der Waals surface area contributed by atoms with Gasteiger partial charge in [-0.25, -0.2) is 9.48 Å². The molecule has 1 aliphatic heterocycles. The normalized spacial score (nSPS) is 24.9. The van der Waals surface area contributed by atoms with Crippen molar-refractivity contribution in [1.82, 2.24) is 24.1 Å². The van der Waals surface area contributed by atoms with E-state index in [1.54, 1.807) is 10.9 Å². The minimum absolute atomic E-state index is 0.0337. The Labute approximate surface area is 153 Å². The fourth-order valence-electron chi connectivity index (χ4n) is 4.03. The first-order valence-corrected chi connectivity index (χ1v) is 9.44. The van der Waals surface area contributed by atoms with Crippen LogP contribution < -0.4 is 5.69 Å². The van der Waals surface area contributed by atoms with Gasteiger partial charge in [0, 0.05) is 12.6 Å². The molecule has 6 nitrogen and oxygen atoms in total. The Morgan fingerprint density at radius 1 is 1.12 bits per heavy atom. The summed E-state index contributed by atoms with van der Waals surface area (Å²) in [5.41, 5.74) is 1.22. The van der Waals surface area contributed by atoms with E-state index in [4.69, 9.17) is 0 Å². The molecule has 1 aliphatic carbocycles. The Morgan fingerprint density at radius 3 is 2.64 bits per heavy atom. The zero-order valence-electron chi connectivity index (χ0n) is 13.6. The van der Waals surface area contributed by atoms with E-state index in [1.807, 2.05) is 33.6 Å². The molecule has 0 radical (unpaired) electrons. The number of hydrogen-bond acceptors (Lipinski definition) is 3. The average molecular weight is 400 g/mol. The third-order valence-electron chi connectivity index (χ3n) is 5.42. The SMILES string of the molecule is O=c1n(C2CC(n3cc(Br)cn3)C2)nc2n1[C@H](c1ccccc1)CC2. The van der Waals surface area contributed by atoms with E-state index in [-0.39, 0.29) is 17.8 Å². The van der Waals surface area contributed by atoms with Crippen molar-refractivity contribution in [2.24, 2.45) is 0 Å². The van der Waals surface area contributed by atoms with Gasteiger partial charge in [-0.2, -0.15) is 10.2 Å². The van der Waals surface area contributed by atoms with Gasteiger partial charge in [0.1, 0.15) is 5.82 Å². The van der Waals surface area contributed by atoms with Crippen LogP contribution in [0, 0.1) is 0 Å². The molecule has 3 heterocycles. The van der Waals surface area contributed by atoms with Gasteiger partial charge in [-0.15, -0.1) is 0 Å². The van der Waals surface area contributed by atoms with Crippen molar-refractivity contribution in [1.29, 1.82) is 0 Å². The summed E-state index contributed by atoms with van der Waals surface area (Å²) < 4.78 is 6.56. The van der Waals surface area contributed by atoms with Gasteiger partial charge in [0.05, 0.1) is 28.8 Å². The molecule has 1 aromatic carbocycles. The van der Waals surface area contributed by atoms with Crippen LogP contribution in [0.4, 0.5) is 0 Å². The van der Waals surface area contributed by atoms with Crippen LogP contribution in [0.25, 0.3) is 0 Å². The fraction of sp³-hybridized carbons (Fsp3) is 0.389. The summed E-state index contributed by atoms with van der Waals surface area (Å²) >= 11 is 3.43. The van der Waals surface area contributed by atoms with Crippen molar-refractivity contribution in [3.05, 3.63) is 69.1 Å². The van der Waals surface area contributed by atoms with Crippen LogP contribution in [0.5, 0.6) is 0 Å². The second-order valence-electron chi connectivity index (χ2n) is 6.90. The first-order valence-electron chi connectivity index (χ1n) is 8.65. The molecule has 0 spiro atoms. The fourth-order valence-corrected chi connectivity index (χ4v) is 4.33. The van der Waals surface area contributed by atoms with Crippen molar-refractivity contribution in [3.8, 4) is 0 Å². The first-order chi connectivity index (χ1) is 12.2. The molecule has 1 fully saturated rings. The maximum absolute atomic E-state index is 13.0. The molecule has 7 heteroatoms. The van der Waals surface area contributed by atoms with E-state index in [1.165, 1.54) is 5.56 Å². The van der Waals surface area contributed by atoms with E-state index >= 15 is 0 Å². The van der Waals surface area contributed by atoms with Gasteiger partial charge in [-0.05, 0) is 40.8 Å². The van der Waals surface area contributed by atoms with E-state index in [0.29, 0.717) is 6.04 Å². The number of halogens is 1. The topological polar surface area (TPSA) is 57.6 Å². The Bertz CT molecular complexity index is 967. The number of aromatic nitrogens is 5. The molecule has 0 amide bonds. The third-order valence-corrected chi connectivity index (χ3v) is 5.83. The number of hydrogen-bond donors (Lipinski definition) is 0. The van der Waals surface area contributed by atoms with Crippen molar-refractivity contribution < 1.29 is 0 Å². The minimum Gasteiger partial charge on any atom is -0.271 e. The maximum atomic E-state index is 13.0. The number of fused-ring (bicyclic) bond motifs is 1. The minimum atomic E-state index is 0.0337.